The molecule has 6 heterocycles. The van der Waals surface area contributed by atoms with Gasteiger partial charge in [-0.3, -0.25) is 5.10 Å². The molecule has 4 aliphatic heterocycles. The summed E-state index contributed by atoms with van der Waals surface area (Å²) >= 11 is 0. The van der Waals surface area contributed by atoms with Gasteiger partial charge in [-0.25, -0.2) is 0 Å². The summed E-state index contributed by atoms with van der Waals surface area (Å²) in [6.45, 7) is 7.71. The second-order valence-corrected chi connectivity index (χ2v) is 11.1. The molecule has 9 heteroatoms. The molecular formula is C27H36N8O. The summed E-state index contributed by atoms with van der Waals surface area (Å²) < 4.78 is 6.31. The van der Waals surface area contributed by atoms with Crippen LogP contribution in [-0.4, -0.2) is 83.0 Å². The number of ether oxygens (including phenoxy) is 1. The second-order valence-electron chi connectivity index (χ2n) is 11.1. The molecule has 3 saturated heterocycles. The van der Waals surface area contributed by atoms with Crippen LogP contribution in [0.25, 0.3) is 10.9 Å². The van der Waals surface area contributed by atoms with Gasteiger partial charge in [-0.15, -0.1) is 0 Å². The smallest absolute Gasteiger partial charge is 0.318 e. The Morgan fingerprint density at radius 2 is 1.92 bits per heavy atom. The molecule has 36 heavy (non-hydrogen) atoms. The Morgan fingerprint density at radius 1 is 1.06 bits per heavy atom. The molecule has 3 aromatic rings. The van der Waals surface area contributed by atoms with Gasteiger partial charge in [0.05, 0.1) is 29.6 Å². The van der Waals surface area contributed by atoms with Crippen molar-refractivity contribution in [3.8, 4) is 6.01 Å². The van der Waals surface area contributed by atoms with Crippen LogP contribution >= 0.6 is 0 Å². The highest BCUT2D eigenvalue weighted by Crippen LogP contribution is 2.36. The zero-order chi connectivity index (χ0) is 24.2. The highest BCUT2D eigenvalue weighted by Gasteiger charge is 2.35. The number of anilines is 2. The van der Waals surface area contributed by atoms with Crippen LogP contribution in [0.4, 0.5) is 11.5 Å². The number of H-pyrrole nitrogens is 1. The summed E-state index contributed by atoms with van der Waals surface area (Å²) in [6, 6.07) is 6.40. The lowest BCUT2D eigenvalue weighted by Crippen LogP contribution is -2.52. The maximum absolute atomic E-state index is 6.31. The van der Waals surface area contributed by atoms with Gasteiger partial charge in [-0.2, -0.15) is 15.1 Å². The summed E-state index contributed by atoms with van der Waals surface area (Å²) in [5.41, 5.74) is 6.00. The molecule has 3 fully saturated rings. The van der Waals surface area contributed by atoms with Gasteiger partial charge in [0.25, 0.3) is 0 Å². The van der Waals surface area contributed by atoms with Crippen molar-refractivity contribution in [2.24, 2.45) is 0 Å². The molecule has 0 radical (unpaired) electrons. The third-order valence-corrected chi connectivity index (χ3v) is 8.73. The summed E-state index contributed by atoms with van der Waals surface area (Å²) in [5.74, 6) is 1.10. The molecule has 2 N–H and O–H groups in total. The zero-order valence-electron chi connectivity index (χ0n) is 21.3. The number of rotatable bonds is 5. The van der Waals surface area contributed by atoms with Crippen molar-refractivity contribution in [3.63, 3.8) is 0 Å². The van der Waals surface area contributed by atoms with Crippen molar-refractivity contribution in [2.75, 3.05) is 49.6 Å². The molecule has 3 atom stereocenters. The van der Waals surface area contributed by atoms with Gasteiger partial charge in [-0.1, -0.05) is 6.07 Å². The van der Waals surface area contributed by atoms with E-state index in [9.17, 15) is 0 Å². The summed E-state index contributed by atoms with van der Waals surface area (Å²) in [5, 5.41) is 12.4. The van der Waals surface area contributed by atoms with Gasteiger partial charge < -0.3 is 24.8 Å². The van der Waals surface area contributed by atoms with Gasteiger partial charge >= 0.3 is 6.01 Å². The van der Waals surface area contributed by atoms with Crippen molar-refractivity contribution in [1.29, 1.82) is 0 Å². The van der Waals surface area contributed by atoms with Gasteiger partial charge in [0.15, 0.2) is 0 Å². The lowest BCUT2D eigenvalue weighted by molar-refractivity contribution is 0.187. The molecule has 2 bridgehead atoms. The Bertz CT molecular complexity index is 1260. The van der Waals surface area contributed by atoms with Crippen LogP contribution in [0.15, 0.2) is 18.3 Å². The monoisotopic (exact) mass is 488 g/mol. The van der Waals surface area contributed by atoms with Crippen molar-refractivity contribution in [1.82, 2.24) is 30.4 Å². The average Bonchev–Trinajstić information content (AvgIpc) is 3.61. The van der Waals surface area contributed by atoms with Crippen molar-refractivity contribution in [2.45, 2.75) is 63.7 Å². The molecule has 2 aromatic heterocycles. The highest BCUT2D eigenvalue weighted by atomic mass is 16.5. The molecule has 0 saturated carbocycles. The van der Waals surface area contributed by atoms with Crippen molar-refractivity contribution < 1.29 is 4.74 Å². The fraction of sp³-hybridized carbons (Fsp3) is 0.593. The van der Waals surface area contributed by atoms with E-state index in [1.54, 1.807) is 0 Å². The number of aromatic amines is 1. The van der Waals surface area contributed by atoms with E-state index in [0.717, 1.165) is 56.2 Å². The van der Waals surface area contributed by atoms with Crippen LogP contribution in [0, 0.1) is 6.92 Å². The van der Waals surface area contributed by atoms with Crippen molar-refractivity contribution >= 4 is 22.4 Å². The maximum atomic E-state index is 6.31. The molecule has 9 nitrogen and oxygen atoms in total. The fourth-order valence-corrected chi connectivity index (χ4v) is 6.77. The Labute approximate surface area is 212 Å². The molecule has 0 aliphatic carbocycles. The number of aromatic nitrogens is 4. The van der Waals surface area contributed by atoms with E-state index < -0.39 is 0 Å². The van der Waals surface area contributed by atoms with E-state index in [0.29, 0.717) is 30.7 Å². The average molecular weight is 489 g/mol. The fourth-order valence-electron chi connectivity index (χ4n) is 6.77. The first kappa shape index (κ1) is 22.3. The summed E-state index contributed by atoms with van der Waals surface area (Å²) in [4.78, 5) is 17.4. The standard InChI is InChI=1S/C27H36N8O/c1-17-5-8-23-22(12-28-32-23)25(17)34-11-9-21-24(15-34)30-27(36-16-20-4-3-10-33(20)2)31-26(21)35-13-18-6-7-19(14-35)29-18/h5,8,12,18-20,29H,3-4,6-7,9-11,13-16H2,1-2H3,(H,28,32)/t18-,19+,20-/m0/s1. The minimum atomic E-state index is 0.445. The Kier molecular flexibility index (Phi) is 5.50. The van der Waals surface area contributed by atoms with Crippen LogP contribution in [0.5, 0.6) is 6.01 Å². The minimum absolute atomic E-state index is 0.445. The first-order valence-electron chi connectivity index (χ1n) is 13.5. The topological polar surface area (TPSA) is 85.4 Å². The van der Waals surface area contributed by atoms with Crippen molar-refractivity contribution in [3.05, 3.63) is 35.2 Å². The van der Waals surface area contributed by atoms with E-state index in [1.807, 2.05) is 6.20 Å². The van der Waals surface area contributed by atoms with Crippen LogP contribution in [-0.2, 0) is 13.0 Å². The molecule has 1 aromatic carbocycles. The third kappa shape index (κ3) is 3.89. The normalized spacial score (nSPS) is 26.1. The number of benzene rings is 1. The number of likely N-dealkylation sites (N-methyl/N-ethyl adjacent to an activating group) is 1. The first-order chi connectivity index (χ1) is 17.6. The number of likely N-dealkylation sites (tertiary alicyclic amines) is 1. The second kappa shape index (κ2) is 8.88. The van der Waals surface area contributed by atoms with Gasteiger partial charge in [0, 0.05) is 48.7 Å². The van der Waals surface area contributed by atoms with Gasteiger partial charge in [0.1, 0.15) is 12.4 Å². The van der Waals surface area contributed by atoms with E-state index in [1.165, 1.54) is 47.9 Å². The van der Waals surface area contributed by atoms with E-state index in [2.05, 4.69) is 56.3 Å². The number of aryl methyl sites for hydroxylation is 1. The van der Waals surface area contributed by atoms with E-state index in [4.69, 9.17) is 14.7 Å². The van der Waals surface area contributed by atoms with E-state index >= 15 is 0 Å². The molecule has 0 spiro atoms. The number of fused-ring (bicyclic) bond motifs is 4. The zero-order valence-corrected chi connectivity index (χ0v) is 21.3. The number of nitrogens with zero attached hydrogens (tertiary/aromatic N) is 6. The number of hydrogen-bond acceptors (Lipinski definition) is 8. The van der Waals surface area contributed by atoms with Crippen LogP contribution in [0.2, 0.25) is 0 Å². The Morgan fingerprint density at radius 3 is 2.72 bits per heavy atom. The molecule has 4 aliphatic rings. The summed E-state index contributed by atoms with van der Waals surface area (Å²) in [7, 11) is 2.19. The number of hydrogen-bond donors (Lipinski definition) is 2. The highest BCUT2D eigenvalue weighted by molar-refractivity contribution is 5.93. The maximum Gasteiger partial charge on any atom is 0.318 e. The van der Waals surface area contributed by atoms with Gasteiger partial charge in [-0.05, 0) is 64.3 Å². The predicted molar refractivity (Wildman–Crippen MR) is 141 cm³/mol. The number of nitrogens with one attached hydrogen (secondary N) is 2. The molecule has 0 unspecified atom stereocenters. The Balaban J connectivity index is 1.23. The first-order valence-corrected chi connectivity index (χ1v) is 13.5. The lowest BCUT2D eigenvalue weighted by atomic mass is 10.0. The molecule has 190 valence electrons. The third-order valence-electron chi connectivity index (χ3n) is 8.73. The summed E-state index contributed by atoms with van der Waals surface area (Å²) in [6.07, 6.45) is 7.81. The van der Waals surface area contributed by atoms with Crippen LogP contribution < -0.4 is 19.9 Å². The molecule has 0 amide bonds. The molecular weight excluding hydrogens is 452 g/mol. The minimum Gasteiger partial charge on any atom is -0.462 e. The predicted octanol–water partition coefficient (Wildman–Crippen LogP) is 2.64. The largest absolute Gasteiger partial charge is 0.462 e. The van der Waals surface area contributed by atoms with E-state index in [-0.39, 0.29) is 0 Å². The van der Waals surface area contributed by atoms with Crippen LogP contribution in [0.3, 0.4) is 0 Å². The quantitative estimate of drug-likeness (QED) is 0.567. The van der Waals surface area contributed by atoms with Gasteiger partial charge in [0.2, 0.25) is 0 Å². The molecule has 7 rings (SSSR count). The SMILES string of the molecule is Cc1ccc2[nH]ncc2c1N1CCc2c(nc(OC[C@@H]3CCCN3C)nc2N2C[C@H]3CC[C@@H](C2)N3)C1. The Hall–Kier alpha value is -2.91. The number of piperazine rings is 1. The lowest BCUT2D eigenvalue weighted by Gasteiger charge is -2.38. The van der Waals surface area contributed by atoms with Crippen LogP contribution in [0.1, 0.15) is 42.5 Å².